The lowest BCUT2D eigenvalue weighted by Crippen LogP contribution is -2.51. The number of fused-ring (bicyclic) bond motifs is 1. The molecule has 2 heterocycles. The van der Waals surface area contributed by atoms with Crippen molar-refractivity contribution in [2.24, 2.45) is 0 Å². The summed E-state index contributed by atoms with van der Waals surface area (Å²) < 4.78 is 38.6. The van der Waals surface area contributed by atoms with Gasteiger partial charge in [0, 0.05) is 12.1 Å². The van der Waals surface area contributed by atoms with Gasteiger partial charge in [-0.05, 0) is 30.3 Å². The monoisotopic (exact) mass is 465 g/mol. The second kappa shape index (κ2) is 8.99. The van der Waals surface area contributed by atoms with Crippen molar-refractivity contribution in [3.63, 3.8) is 0 Å². The molecule has 0 bridgehead atoms. The smallest absolute Gasteiger partial charge is 0.407 e. The topological polar surface area (TPSA) is 106 Å². The second-order valence-corrected chi connectivity index (χ2v) is 7.73. The van der Waals surface area contributed by atoms with Gasteiger partial charge in [-0.2, -0.15) is 0 Å². The van der Waals surface area contributed by atoms with Gasteiger partial charge in [-0.25, -0.2) is 13.6 Å². The lowest BCUT2D eigenvalue weighted by molar-refractivity contribution is -0.129. The molecule has 4 rings (SSSR count). The second-order valence-electron chi connectivity index (χ2n) is 7.32. The Labute approximate surface area is 186 Å². The van der Waals surface area contributed by atoms with Gasteiger partial charge in [0.2, 0.25) is 5.91 Å². The third-order valence-electron chi connectivity index (χ3n) is 5.07. The Balaban J connectivity index is 1.49. The number of nitrogens with one attached hydrogen (secondary N) is 3. The minimum absolute atomic E-state index is 0.00118. The molecule has 168 valence electrons. The van der Waals surface area contributed by atoms with Gasteiger partial charge in [0.25, 0.3) is 5.91 Å². The van der Waals surface area contributed by atoms with Gasteiger partial charge in [0.05, 0.1) is 41.3 Å². The fourth-order valence-electron chi connectivity index (χ4n) is 3.47. The summed E-state index contributed by atoms with van der Waals surface area (Å²) in [6.07, 6.45) is -0.239. The minimum atomic E-state index is -0.782. The molecule has 2 aliphatic heterocycles. The van der Waals surface area contributed by atoms with E-state index in [1.807, 2.05) is 0 Å². The van der Waals surface area contributed by atoms with E-state index in [0.717, 1.165) is 12.1 Å². The first-order chi connectivity index (χ1) is 15.3. The van der Waals surface area contributed by atoms with Crippen LogP contribution in [0.3, 0.4) is 0 Å². The van der Waals surface area contributed by atoms with Gasteiger partial charge < -0.3 is 25.4 Å². The number of alkyl carbamates (subject to hydrolysis) is 1. The zero-order chi connectivity index (χ0) is 22.8. The van der Waals surface area contributed by atoms with Crippen LogP contribution in [0.5, 0.6) is 5.75 Å². The van der Waals surface area contributed by atoms with E-state index in [2.05, 4.69) is 16.0 Å². The molecule has 0 spiro atoms. The summed E-state index contributed by atoms with van der Waals surface area (Å²) in [6.45, 7) is 0.127. The number of ether oxygens (including phenoxy) is 2. The van der Waals surface area contributed by atoms with Crippen LogP contribution in [0.25, 0.3) is 0 Å². The maximum Gasteiger partial charge on any atom is 0.407 e. The number of hydrogen-bond donors (Lipinski definition) is 3. The van der Waals surface area contributed by atoms with Gasteiger partial charge in [-0.15, -0.1) is 0 Å². The predicted octanol–water partition coefficient (Wildman–Crippen LogP) is 3.31. The van der Waals surface area contributed by atoms with E-state index in [4.69, 9.17) is 21.1 Å². The highest BCUT2D eigenvalue weighted by Gasteiger charge is 2.32. The molecule has 1 fully saturated rings. The number of β-lactam (4-membered cyclic amide) rings is 1. The SMILES string of the molecule is O=C1C[C@@H](COC(=O)N[C@H]2CCOc3c(C(=O)Nc4ccc(F)c(Cl)c4)ccc(F)c32)N1. The molecule has 32 heavy (non-hydrogen) atoms. The first-order valence-corrected chi connectivity index (χ1v) is 10.1. The van der Waals surface area contributed by atoms with E-state index >= 15 is 0 Å². The van der Waals surface area contributed by atoms with Crippen molar-refractivity contribution in [2.45, 2.75) is 24.9 Å². The first kappa shape index (κ1) is 21.8. The zero-order valence-electron chi connectivity index (χ0n) is 16.5. The molecule has 0 aliphatic carbocycles. The number of amides is 3. The minimum Gasteiger partial charge on any atom is -0.492 e. The van der Waals surface area contributed by atoms with E-state index < -0.39 is 29.7 Å². The van der Waals surface area contributed by atoms with Crippen molar-refractivity contribution in [1.29, 1.82) is 0 Å². The van der Waals surface area contributed by atoms with Crippen LogP contribution in [0.1, 0.15) is 34.8 Å². The summed E-state index contributed by atoms with van der Waals surface area (Å²) in [4.78, 5) is 35.8. The molecule has 2 aliphatic rings. The van der Waals surface area contributed by atoms with Crippen molar-refractivity contribution >= 4 is 35.2 Å². The van der Waals surface area contributed by atoms with E-state index in [9.17, 15) is 23.2 Å². The van der Waals surface area contributed by atoms with Crippen LogP contribution in [-0.2, 0) is 9.53 Å². The molecule has 11 heteroatoms. The zero-order valence-corrected chi connectivity index (χ0v) is 17.3. The average molecular weight is 466 g/mol. The van der Waals surface area contributed by atoms with Crippen LogP contribution in [-0.4, -0.2) is 37.2 Å². The number of hydrogen-bond acceptors (Lipinski definition) is 5. The normalized spacial score (nSPS) is 19.0. The summed E-state index contributed by atoms with van der Waals surface area (Å²) >= 11 is 5.74. The van der Waals surface area contributed by atoms with Crippen molar-refractivity contribution in [3.8, 4) is 5.75 Å². The third kappa shape index (κ3) is 4.59. The largest absolute Gasteiger partial charge is 0.492 e. The van der Waals surface area contributed by atoms with Crippen molar-refractivity contribution in [3.05, 3.63) is 58.1 Å². The van der Waals surface area contributed by atoms with Crippen LogP contribution in [0.4, 0.5) is 19.3 Å². The predicted molar refractivity (Wildman–Crippen MR) is 110 cm³/mol. The van der Waals surface area contributed by atoms with Crippen LogP contribution in [0.2, 0.25) is 5.02 Å². The van der Waals surface area contributed by atoms with Crippen molar-refractivity contribution in [2.75, 3.05) is 18.5 Å². The average Bonchev–Trinajstić information content (AvgIpc) is 2.73. The summed E-state index contributed by atoms with van der Waals surface area (Å²) in [7, 11) is 0. The number of halogens is 3. The Morgan fingerprint density at radius 3 is 2.69 bits per heavy atom. The van der Waals surface area contributed by atoms with Gasteiger partial charge in [-0.1, -0.05) is 11.6 Å². The summed E-state index contributed by atoms with van der Waals surface area (Å²) in [5, 5.41) is 7.55. The molecule has 0 radical (unpaired) electrons. The van der Waals surface area contributed by atoms with E-state index in [1.165, 1.54) is 18.2 Å². The number of carbonyl (C=O) groups excluding carboxylic acids is 3. The van der Waals surface area contributed by atoms with Gasteiger partial charge in [-0.3, -0.25) is 9.59 Å². The van der Waals surface area contributed by atoms with E-state index in [0.29, 0.717) is 0 Å². The maximum absolute atomic E-state index is 14.6. The van der Waals surface area contributed by atoms with Crippen LogP contribution < -0.4 is 20.7 Å². The Bertz CT molecular complexity index is 1090. The lowest BCUT2D eigenvalue weighted by Gasteiger charge is -2.29. The molecule has 2 aromatic carbocycles. The molecule has 3 N–H and O–H groups in total. The molecule has 1 saturated heterocycles. The molecule has 0 unspecified atom stereocenters. The molecule has 2 atom stereocenters. The molecule has 8 nitrogen and oxygen atoms in total. The van der Waals surface area contributed by atoms with Crippen molar-refractivity contribution < 1.29 is 32.6 Å². The van der Waals surface area contributed by atoms with Crippen LogP contribution in [0.15, 0.2) is 30.3 Å². The highest BCUT2D eigenvalue weighted by atomic mass is 35.5. The Morgan fingerprint density at radius 2 is 1.97 bits per heavy atom. The molecular weight excluding hydrogens is 448 g/mol. The standard InChI is InChI=1S/C21H18ClF2N3O5/c22-13-7-10(1-3-14(13)23)26-20(29)12-2-4-15(24)18-16(5-6-31-19(12)18)27-21(30)32-9-11-8-17(28)25-11/h1-4,7,11,16H,5-6,8-9H2,(H,25,28)(H,26,29)(H,27,30)/t11-,16-/m0/s1. The number of benzene rings is 2. The Hall–Kier alpha value is -3.40. The summed E-state index contributed by atoms with van der Waals surface area (Å²) in [5.74, 6) is -2.02. The van der Waals surface area contributed by atoms with Crippen LogP contribution >= 0.6 is 11.6 Å². The molecule has 3 amide bonds. The van der Waals surface area contributed by atoms with E-state index in [1.54, 1.807) is 0 Å². The first-order valence-electron chi connectivity index (χ1n) is 9.76. The fraction of sp³-hybridized carbons (Fsp3) is 0.286. The van der Waals surface area contributed by atoms with Crippen molar-refractivity contribution in [1.82, 2.24) is 10.6 Å². The highest BCUT2D eigenvalue weighted by molar-refractivity contribution is 6.31. The molecule has 0 saturated carbocycles. The number of rotatable bonds is 5. The van der Waals surface area contributed by atoms with Gasteiger partial charge in [0.1, 0.15) is 24.0 Å². The highest BCUT2D eigenvalue weighted by Crippen LogP contribution is 2.37. The molecule has 2 aromatic rings. The number of anilines is 1. The quantitative estimate of drug-likeness (QED) is 0.587. The molecular formula is C21H18ClF2N3O5. The summed E-state index contributed by atoms with van der Waals surface area (Å²) in [5.41, 5.74) is 0.311. The van der Waals surface area contributed by atoms with Crippen LogP contribution in [0, 0.1) is 11.6 Å². The third-order valence-corrected chi connectivity index (χ3v) is 5.36. The fourth-order valence-corrected chi connectivity index (χ4v) is 3.65. The van der Waals surface area contributed by atoms with E-state index in [-0.39, 0.29) is 65.6 Å². The maximum atomic E-state index is 14.6. The summed E-state index contributed by atoms with van der Waals surface area (Å²) in [6, 6.07) is 5.03. The lowest BCUT2D eigenvalue weighted by atomic mass is 9.96. The number of carbonyl (C=O) groups is 3. The Kier molecular flexibility index (Phi) is 6.13. The van der Waals surface area contributed by atoms with Gasteiger partial charge in [0.15, 0.2) is 0 Å². The van der Waals surface area contributed by atoms with Gasteiger partial charge >= 0.3 is 6.09 Å². The Morgan fingerprint density at radius 1 is 1.22 bits per heavy atom. The molecule has 0 aromatic heterocycles.